The normalized spacial score (nSPS) is 11.3. The number of aromatic carboxylic acids is 1. The highest BCUT2D eigenvalue weighted by atomic mass is 32.2. The zero-order valence-electron chi connectivity index (χ0n) is 19.7. The Morgan fingerprint density at radius 2 is 1.61 bits per heavy atom. The zero-order valence-corrected chi connectivity index (χ0v) is 20.5. The van der Waals surface area contributed by atoms with Gasteiger partial charge in [0, 0.05) is 4.90 Å². The molecule has 0 radical (unpaired) electrons. The van der Waals surface area contributed by atoms with Crippen LogP contribution in [0.5, 0.6) is 5.75 Å². The molecule has 5 nitrogen and oxygen atoms in total. The van der Waals surface area contributed by atoms with E-state index in [0.717, 1.165) is 17.7 Å². The predicted molar refractivity (Wildman–Crippen MR) is 136 cm³/mol. The first-order valence-electron chi connectivity index (χ1n) is 12.0. The number of carbonyl (C=O) groups is 1. The van der Waals surface area contributed by atoms with Gasteiger partial charge in [-0.15, -0.1) is 11.8 Å². The number of ether oxygens (including phenoxy) is 1. The van der Waals surface area contributed by atoms with Crippen molar-refractivity contribution >= 4 is 39.7 Å². The molecule has 1 N–H and O–H groups in total. The summed E-state index contributed by atoms with van der Waals surface area (Å²) >= 11 is 1.52. The van der Waals surface area contributed by atoms with Gasteiger partial charge in [-0.2, -0.15) is 0 Å². The van der Waals surface area contributed by atoms with Crippen molar-refractivity contribution in [1.29, 1.82) is 0 Å². The Morgan fingerprint density at radius 3 is 2.24 bits per heavy atom. The molecule has 0 aliphatic carbocycles. The average Bonchev–Trinajstić information content (AvgIpc) is 2.82. The van der Waals surface area contributed by atoms with Crippen LogP contribution < -0.4 is 10.2 Å². The van der Waals surface area contributed by atoms with Crippen LogP contribution in [-0.4, -0.2) is 23.9 Å². The molecule has 0 bridgehead atoms. The molecule has 3 aromatic rings. The Kier molecular flexibility index (Phi) is 9.67. The van der Waals surface area contributed by atoms with E-state index in [9.17, 15) is 14.7 Å². The second-order valence-corrected chi connectivity index (χ2v) is 9.36. The smallest absolute Gasteiger partial charge is 0.335 e. The molecule has 0 saturated heterocycles. The zero-order chi connectivity index (χ0) is 23.6. The molecule has 1 aromatic heterocycles. The first kappa shape index (κ1) is 25.2. The van der Waals surface area contributed by atoms with Crippen LogP contribution in [0.4, 0.5) is 0 Å². The van der Waals surface area contributed by atoms with Gasteiger partial charge in [-0.05, 0) is 43.0 Å². The average molecular weight is 471 g/mol. The molecule has 0 unspecified atom stereocenters. The molecule has 0 aliphatic rings. The Labute approximate surface area is 199 Å². The molecule has 0 amide bonds. The fourth-order valence-electron chi connectivity index (χ4n) is 4.03. The highest BCUT2D eigenvalue weighted by Crippen LogP contribution is 2.32. The van der Waals surface area contributed by atoms with Gasteiger partial charge in [0.1, 0.15) is 5.58 Å². The number of hydrogen-bond acceptors (Lipinski definition) is 5. The van der Waals surface area contributed by atoms with Crippen molar-refractivity contribution in [1.82, 2.24) is 0 Å². The summed E-state index contributed by atoms with van der Waals surface area (Å²) in [5.74, 6) is -0.510. The molecule has 0 saturated carbocycles. The molecule has 2 aromatic carbocycles. The van der Waals surface area contributed by atoms with Crippen molar-refractivity contribution < 1.29 is 19.1 Å². The largest absolute Gasteiger partial charge is 0.490 e. The van der Waals surface area contributed by atoms with Crippen LogP contribution in [0, 0.1) is 0 Å². The van der Waals surface area contributed by atoms with Crippen LogP contribution >= 0.6 is 11.8 Å². The molecule has 1 heterocycles. The number of unbranched alkanes of at least 4 members (excludes halogenated alkanes) is 9. The Hall–Kier alpha value is -2.47. The second-order valence-electron chi connectivity index (χ2n) is 8.48. The molecule has 0 aliphatic heterocycles. The second kappa shape index (κ2) is 12.7. The standard InChI is InChI=1S/C27H34O5S/c1-3-4-5-6-7-8-9-10-11-12-15-31-24-18-20(33-2)17-22-25(28)21-16-19(27(29)30)13-14-23(21)32-26(22)24/h13-14,16-18H,3-12,15H2,1-2H3,(H,29,30). The summed E-state index contributed by atoms with van der Waals surface area (Å²) < 4.78 is 12.1. The van der Waals surface area contributed by atoms with Gasteiger partial charge in [0.15, 0.2) is 11.3 Å². The monoisotopic (exact) mass is 470 g/mol. The van der Waals surface area contributed by atoms with Gasteiger partial charge in [0.25, 0.3) is 0 Å². The van der Waals surface area contributed by atoms with E-state index in [1.54, 1.807) is 6.07 Å². The number of carboxylic acids is 1. The van der Waals surface area contributed by atoms with Gasteiger partial charge in [0.2, 0.25) is 5.43 Å². The van der Waals surface area contributed by atoms with Gasteiger partial charge < -0.3 is 14.3 Å². The first-order valence-corrected chi connectivity index (χ1v) is 13.2. The molecule has 0 fully saturated rings. The number of benzene rings is 2. The molecule has 178 valence electrons. The van der Waals surface area contributed by atoms with Crippen LogP contribution in [0.15, 0.2) is 44.4 Å². The predicted octanol–water partition coefficient (Wildman–Crippen LogP) is 7.67. The van der Waals surface area contributed by atoms with Gasteiger partial charge in [-0.25, -0.2) is 4.79 Å². The van der Waals surface area contributed by atoms with Crippen LogP contribution in [0.25, 0.3) is 21.9 Å². The fourth-order valence-corrected chi connectivity index (χ4v) is 4.49. The van der Waals surface area contributed by atoms with E-state index >= 15 is 0 Å². The van der Waals surface area contributed by atoms with Gasteiger partial charge in [0.05, 0.1) is 22.9 Å². The summed E-state index contributed by atoms with van der Waals surface area (Å²) in [5.41, 5.74) is 0.597. The molecule has 3 rings (SSSR count). The summed E-state index contributed by atoms with van der Waals surface area (Å²) in [7, 11) is 0. The highest BCUT2D eigenvalue weighted by molar-refractivity contribution is 7.98. The lowest BCUT2D eigenvalue weighted by Crippen LogP contribution is -2.06. The van der Waals surface area contributed by atoms with E-state index in [2.05, 4.69) is 6.92 Å². The Morgan fingerprint density at radius 1 is 0.939 bits per heavy atom. The molecule has 6 heteroatoms. The number of hydrogen-bond donors (Lipinski definition) is 1. The maximum absolute atomic E-state index is 13.1. The minimum Gasteiger partial charge on any atom is -0.490 e. The minimum atomic E-state index is -1.07. The third-order valence-corrected chi connectivity index (χ3v) is 6.65. The molecular weight excluding hydrogens is 436 g/mol. The summed E-state index contributed by atoms with van der Waals surface area (Å²) in [5, 5.41) is 9.93. The van der Waals surface area contributed by atoms with Crippen molar-refractivity contribution in [3.05, 3.63) is 46.1 Å². The third-order valence-electron chi connectivity index (χ3n) is 5.95. The highest BCUT2D eigenvalue weighted by Gasteiger charge is 2.15. The Bertz CT molecular complexity index is 1130. The SMILES string of the molecule is CCCCCCCCCCCCOc1cc(SC)cc2c(=O)c3cc(C(=O)O)ccc3oc12. The minimum absolute atomic E-state index is 0.0626. The topological polar surface area (TPSA) is 76.7 Å². The van der Waals surface area contributed by atoms with E-state index in [4.69, 9.17) is 9.15 Å². The number of thioether (sulfide) groups is 1. The summed E-state index contributed by atoms with van der Waals surface area (Å²) in [6, 6.07) is 8.04. The Balaban J connectivity index is 1.65. The van der Waals surface area contributed by atoms with Gasteiger partial charge in [-0.1, -0.05) is 64.7 Å². The lowest BCUT2D eigenvalue weighted by molar-refractivity contribution is 0.0697. The maximum Gasteiger partial charge on any atom is 0.335 e. The number of carboxylic acid groups (broad SMARTS) is 1. The van der Waals surface area contributed by atoms with Crippen LogP contribution in [-0.2, 0) is 0 Å². The summed E-state index contributed by atoms with van der Waals surface area (Å²) in [4.78, 5) is 25.3. The van der Waals surface area contributed by atoms with Crippen LogP contribution in [0.2, 0.25) is 0 Å². The number of rotatable bonds is 14. The number of fused-ring (bicyclic) bond motifs is 2. The molecule has 0 atom stereocenters. The maximum atomic E-state index is 13.1. The van der Waals surface area contributed by atoms with E-state index in [1.807, 2.05) is 12.3 Å². The lowest BCUT2D eigenvalue weighted by atomic mass is 10.1. The van der Waals surface area contributed by atoms with E-state index in [0.29, 0.717) is 28.9 Å². The molecular formula is C27H34O5S. The lowest BCUT2D eigenvalue weighted by Gasteiger charge is -2.11. The van der Waals surface area contributed by atoms with Crippen LogP contribution in [0.1, 0.15) is 81.5 Å². The van der Waals surface area contributed by atoms with Crippen molar-refractivity contribution in [2.45, 2.75) is 76.0 Å². The van der Waals surface area contributed by atoms with Crippen molar-refractivity contribution in [3.8, 4) is 5.75 Å². The fraction of sp³-hybridized carbons (Fsp3) is 0.481. The molecule has 33 heavy (non-hydrogen) atoms. The first-order chi connectivity index (χ1) is 16.0. The quantitative estimate of drug-likeness (QED) is 0.148. The van der Waals surface area contributed by atoms with E-state index in [-0.39, 0.29) is 16.4 Å². The van der Waals surface area contributed by atoms with Crippen molar-refractivity contribution in [2.24, 2.45) is 0 Å². The summed E-state index contributed by atoms with van der Waals surface area (Å²) in [6.07, 6.45) is 14.5. The van der Waals surface area contributed by atoms with Gasteiger partial charge >= 0.3 is 5.97 Å². The van der Waals surface area contributed by atoms with Crippen molar-refractivity contribution in [3.63, 3.8) is 0 Å². The van der Waals surface area contributed by atoms with E-state index in [1.165, 1.54) is 81.3 Å². The van der Waals surface area contributed by atoms with Crippen molar-refractivity contribution in [2.75, 3.05) is 12.9 Å². The van der Waals surface area contributed by atoms with Gasteiger partial charge in [-0.3, -0.25) is 4.79 Å². The third kappa shape index (κ3) is 6.76. The molecule has 0 spiro atoms. The summed E-state index contributed by atoms with van der Waals surface area (Å²) in [6.45, 7) is 2.82. The van der Waals surface area contributed by atoms with E-state index < -0.39 is 5.97 Å². The van der Waals surface area contributed by atoms with Crippen LogP contribution in [0.3, 0.4) is 0 Å².